The molecular weight excluding hydrogens is 524 g/mol. The summed E-state index contributed by atoms with van der Waals surface area (Å²) in [6.07, 6.45) is -0.0168. The summed E-state index contributed by atoms with van der Waals surface area (Å²) in [5.41, 5.74) is 2.63. The maximum Gasteiger partial charge on any atom is 0.166 e. The van der Waals surface area contributed by atoms with E-state index in [2.05, 4.69) is 6.07 Å². The van der Waals surface area contributed by atoms with Crippen LogP contribution in [0.5, 0.6) is 40.2 Å². The summed E-state index contributed by atoms with van der Waals surface area (Å²) in [6.45, 7) is 0.550. The highest BCUT2D eigenvalue weighted by Gasteiger charge is 2.56. The van der Waals surface area contributed by atoms with E-state index in [0.717, 1.165) is 28.7 Å². The van der Waals surface area contributed by atoms with Gasteiger partial charge in [-0.15, -0.1) is 0 Å². The molecule has 3 aliphatic heterocycles. The van der Waals surface area contributed by atoms with E-state index in [1.165, 1.54) is 0 Å². The Kier molecular flexibility index (Phi) is 5.90. The third-order valence-corrected chi connectivity index (χ3v) is 8.51. The molecule has 3 aliphatic rings. The second kappa shape index (κ2) is 9.52. The molecular formula is C33H30O8. The average Bonchev–Trinajstić information content (AvgIpc) is 2.99. The van der Waals surface area contributed by atoms with E-state index < -0.39 is 17.6 Å². The van der Waals surface area contributed by atoms with Crippen LogP contribution in [0.2, 0.25) is 0 Å². The van der Waals surface area contributed by atoms with Crippen LogP contribution in [0.15, 0.2) is 72.8 Å². The molecule has 0 saturated carbocycles. The fourth-order valence-corrected chi connectivity index (χ4v) is 6.48. The Morgan fingerprint density at radius 3 is 2.34 bits per heavy atom. The Bertz CT molecular complexity index is 1650. The van der Waals surface area contributed by atoms with Gasteiger partial charge >= 0.3 is 0 Å². The summed E-state index contributed by atoms with van der Waals surface area (Å²) < 4.78 is 29.7. The zero-order chi connectivity index (χ0) is 28.3. The van der Waals surface area contributed by atoms with Crippen LogP contribution in [-0.4, -0.2) is 48.9 Å². The molecule has 2 unspecified atom stereocenters. The molecule has 8 nitrogen and oxygen atoms in total. The van der Waals surface area contributed by atoms with Crippen LogP contribution in [0, 0.1) is 0 Å². The minimum atomic E-state index is -1.52. The molecule has 8 heteroatoms. The first kappa shape index (κ1) is 25.4. The number of ether oxygens (including phenoxy) is 5. The van der Waals surface area contributed by atoms with Crippen molar-refractivity contribution in [1.82, 2.24) is 0 Å². The predicted octanol–water partition coefficient (Wildman–Crippen LogP) is 5.01. The van der Waals surface area contributed by atoms with Gasteiger partial charge in [-0.3, -0.25) is 0 Å². The zero-order valence-corrected chi connectivity index (χ0v) is 22.7. The lowest BCUT2D eigenvalue weighted by Crippen LogP contribution is -2.56. The predicted molar refractivity (Wildman–Crippen MR) is 150 cm³/mol. The molecule has 41 heavy (non-hydrogen) atoms. The van der Waals surface area contributed by atoms with Crippen molar-refractivity contribution in [2.45, 2.75) is 30.0 Å². The van der Waals surface area contributed by atoms with Crippen LogP contribution in [-0.2, 0) is 12.0 Å². The van der Waals surface area contributed by atoms with Crippen LogP contribution < -0.4 is 23.7 Å². The van der Waals surface area contributed by atoms with Gasteiger partial charge in [0.1, 0.15) is 52.5 Å². The topological polar surface area (TPSA) is 107 Å². The number of hydrogen-bond donors (Lipinski definition) is 3. The lowest BCUT2D eigenvalue weighted by molar-refractivity contribution is -0.120. The van der Waals surface area contributed by atoms with E-state index in [1.807, 2.05) is 24.3 Å². The van der Waals surface area contributed by atoms with Gasteiger partial charge in [-0.25, -0.2) is 0 Å². The molecule has 4 aromatic carbocycles. The average molecular weight is 555 g/mol. The molecule has 0 radical (unpaired) electrons. The number of aromatic hydroxyl groups is 2. The van der Waals surface area contributed by atoms with Crippen LogP contribution in [0.3, 0.4) is 0 Å². The lowest BCUT2D eigenvalue weighted by Gasteiger charge is -2.49. The molecule has 7 rings (SSSR count). The molecule has 0 aromatic heterocycles. The van der Waals surface area contributed by atoms with E-state index in [9.17, 15) is 15.3 Å². The second-order valence-electron chi connectivity index (χ2n) is 10.8. The van der Waals surface area contributed by atoms with Crippen molar-refractivity contribution in [2.75, 3.05) is 27.4 Å². The monoisotopic (exact) mass is 554 g/mol. The number of benzene rings is 4. The van der Waals surface area contributed by atoms with Gasteiger partial charge < -0.3 is 39.0 Å². The lowest BCUT2D eigenvalue weighted by atomic mass is 9.67. The third-order valence-electron chi connectivity index (χ3n) is 8.51. The van der Waals surface area contributed by atoms with Gasteiger partial charge in [-0.2, -0.15) is 0 Å². The minimum Gasteiger partial charge on any atom is -0.508 e. The fourth-order valence-electron chi connectivity index (χ4n) is 6.48. The third kappa shape index (κ3) is 4.01. The first-order valence-electron chi connectivity index (χ1n) is 13.5. The summed E-state index contributed by atoms with van der Waals surface area (Å²) in [6, 6.07) is 21.6. The standard InChI is InChI=1S/C33H30O8/c1-37-23-7-9-26-30(15-23)40-17-31-33(26,36)32(24-8-6-22(35)14-29(24)41-31)25-12-18(4-10-27(25)38-2)20-11-19-3-5-21(34)13-28(19)39-16-20/h3-10,12-15,20,31-32,34-36H,11,16-17H2,1-2H3/t20?,31-,32?,33-/m1/s1. The Labute approximate surface area is 237 Å². The number of fused-ring (bicyclic) bond motifs is 5. The summed E-state index contributed by atoms with van der Waals surface area (Å²) in [5.74, 6) is 2.62. The Morgan fingerprint density at radius 2 is 1.54 bits per heavy atom. The highest BCUT2D eigenvalue weighted by atomic mass is 16.6. The van der Waals surface area contributed by atoms with Crippen molar-refractivity contribution in [2.24, 2.45) is 0 Å². The largest absolute Gasteiger partial charge is 0.508 e. The SMILES string of the molecule is COc1ccc2c(c1)OC[C@H]1Oc3cc(O)ccc3C(c3cc(C4COc5cc(O)ccc5C4)ccc3OC)[C@@]21O. The highest BCUT2D eigenvalue weighted by molar-refractivity contribution is 5.59. The number of methoxy groups -OCH3 is 2. The molecule has 0 saturated heterocycles. The Morgan fingerprint density at radius 1 is 0.756 bits per heavy atom. The van der Waals surface area contributed by atoms with Gasteiger partial charge in [-0.1, -0.05) is 24.3 Å². The molecule has 3 heterocycles. The number of rotatable bonds is 4. The van der Waals surface area contributed by atoms with E-state index in [0.29, 0.717) is 40.9 Å². The number of phenolic OH excluding ortho intramolecular Hbond substituents is 2. The molecule has 0 aliphatic carbocycles. The summed E-state index contributed by atoms with van der Waals surface area (Å²) in [7, 11) is 3.20. The van der Waals surface area contributed by atoms with Crippen LogP contribution in [0.1, 0.15) is 39.7 Å². The van der Waals surface area contributed by atoms with E-state index in [1.54, 1.807) is 56.7 Å². The van der Waals surface area contributed by atoms with Crippen molar-refractivity contribution in [3.63, 3.8) is 0 Å². The van der Waals surface area contributed by atoms with Gasteiger partial charge in [0.25, 0.3) is 0 Å². The molecule has 210 valence electrons. The maximum absolute atomic E-state index is 12.8. The Hall–Kier alpha value is -4.56. The van der Waals surface area contributed by atoms with Crippen molar-refractivity contribution >= 4 is 0 Å². The first-order chi connectivity index (χ1) is 19.9. The molecule has 4 aromatic rings. The van der Waals surface area contributed by atoms with Crippen molar-refractivity contribution in [3.8, 4) is 40.2 Å². The second-order valence-corrected chi connectivity index (χ2v) is 10.8. The minimum absolute atomic E-state index is 0.0486. The highest BCUT2D eigenvalue weighted by Crippen LogP contribution is 2.57. The van der Waals surface area contributed by atoms with Crippen molar-refractivity contribution in [1.29, 1.82) is 0 Å². The molecule has 3 N–H and O–H groups in total. The smallest absolute Gasteiger partial charge is 0.166 e. The van der Waals surface area contributed by atoms with Crippen LogP contribution >= 0.6 is 0 Å². The molecule has 0 fully saturated rings. The fraction of sp³-hybridized carbons (Fsp3) is 0.273. The van der Waals surface area contributed by atoms with E-state index in [4.69, 9.17) is 23.7 Å². The van der Waals surface area contributed by atoms with Gasteiger partial charge in [0, 0.05) is 40.8 Å². The zero-order valence-electron chi connectivity index (χ0n) is 22.7. The number of hydrogen-bond acceptors (Lipinski definition) is 8. The van der Waals surface area contributed by atoms with Crippen molar-refractivity contribution in [3.05, 3.63) is 101 Å². The van der Waals surface area contributed by atoms with Gasteiger partial charge in [0.15, 0.2) is 6.10 Å². The normalized spacial score (nSPS) is 23.8. The maximum atomic E-state index is 12.8. The summed E-state index contributed by atoms with van der Waals surface area (Å²) in [4.78, 5) is 0. The summed E-state index contributed by atoms with van der Waals surface area (Å²) >= 11 is 0. The quantitative estimate of drug-likeness (QED) is 0.323. The molecule has 0 bridgehead atoms. The first-order valence-corrected chi connectivity index (χ1v) is 13.5. The number of aliphatic hydroxyl groups is 1. The molecule has 4 atom stereocenters. The van der Waals surface area contributed by atoms with E-state index >= 15 is 0 Å². The number of phenols is 2. The van der Waals surface area contributed by atoms with Crippen LogP contribution in [0.4, 0.5) is 0 Å². The van der Waals surface area contributed by atoms with Crippen molar-refractivity contribution < 1.29 is 39.0 Å². The van der Waals surface area contributed by atoms with Crippen LogP contribution in [0.25, 0.3) is 0 Å². The van der Waals surface area contributed by atoms with E-state index in [-0.39, 0.29) is 24.0 Å². The Balaban J connectivity index is 1.39. The molecule has 0 spiro atoms. The van der Waals surface area contributed by atoms with Gasteiger partial charge in [-0.05, 0) is 47.9 Å². The molecule has 0 amide bonds. The van der Waals surface area contributed by atoms with Gasteiger partial charge in [0.2, 0.25) is 0 Å². The van der Waals surface area contributed by atoms with Gasteiger partial charge in [0.05, 0.1) is 26.7 Å². The summed E-state index contributed by atoms with van der Waals surface area (Å²) in [5, 5.41) is 33.0.